The Labute approximate surface area is 150 Å². The number of halogens is 1. The Balaban J connectivity index is 1.75. The molecule has 8 heteroatoms. The molecular weight excluding hydrogens is 362 g/mol. The van der Waals surface area contributed by atoms with E-state index in [0.29, 0.717) is 11.3 Å². The van der Waals surface area contributed by atoms with Crippen molar-refractivity contribution in [3.05, 3.63) is 58.6 Å². The topological polar surface area (TPSA) is 99.1 Å². The van der Waals surface area contributed by atoms with Crippen molar-refractivity contribution in [1.29, 1.82) is 5.26 Å². The molecule has 2 aromatic rings. The molecule has 2 N–H and O–H groups in total. The number of carbonyl (C=O) groups is 1. The van der Waals surface area contributed by atoms with Crippen LogP contribution in [0.5, 0.6) is 0 Å². The number of hydrogen-bond donors (Lipinski definition) is 2. The van der Waals surface area contributed by atoms with Gasteiger partial charge in [-0.25, -0.2) is 8.42 Å². The van der Waals surface area contributed by atoms with Gasteiger partial charge < -0.3 is 5.32 Å². The van der Waals surface area contributed by atoms with Crippen LogP contribution < -0.4 is 10.0 Å². The molecule has 0 bridgehead atoms. The van der Waals surface area contributed by atoms with Crippen molar-refractivity contribution < 1.29 is 13.2 Å². The average Bonchev–Trinajstić information content (AvgIpc) is 3.39. The Morgan fingerprint density at radius 3 is 2.40 bits per heavy atom. The Morgan fingerprint density at radius 2 is 1.84 bits per heavy atom. The van der Waals surface area contributed by atoms with Crippen molar-refractivity contribution in [2.45, 2.75) is 23.8 Å². The molecule has 0 radical (unpaired) electrons. The van der Waals surface area contributed by atoms with E-state index in [2.05, 4.69) is 10.0 Å². The van der Waals surface area contributed by atoms with Crippen molar-refractivity contribution in [1.82, 2.24) is 5.32 Å². The van der Waals surface area contributed by atoms with Gasteiger partial charge in [-0.3, -0.25) is 9.52 Å². The fraction of sp³-hybridized carbons (Fsp3) is 0.176. The summed E-state index contributed by atoms with van der Waals surface area (Å²) in [6.45, 7) is 0. The maximum Gasteiger partial charge on any atom is 0.261 e. The fourth-order valence-electron chi connectivity index (χ4n) is 2.15. The van der Waals surface area contributed by atoms with Gasteiger partial charge in [-0.05, 0) is 55.3 Å². The smallest absolute Gasteiger partial charge is 0.261 e. The standard InChI is InChI=1S/C17H14ClN3O3S/c18-16-9-15(8-3-12(16)10-19)25(23,24)21-14-4-1-11(2-5-14)17(22)20-13-6-7-13/h1-5,8-9,13,21H,6-7H2,(H,20,22). The van der Waals surface area contributed by atoms with Crippen LogP contribution in [0.2, 0.25) is 5.02 Å². The summed E-state index contributed by atoms with van der Waals surface area (Å²) in [5, 5.41) is 11.8. The third-order valence-electron chi connectivity index (χ3n) is 3.68. The summed E-state index contributed by atoms with van der Waals surface area (Å²) < 4.78 is 27.2. The molecule has 1 saturated carbocycles. The number of carbonyl (C=O) groups excluding carboxylic acids is 1. The number of hydrogen-bond acceptors (Lipinski definition) is 4. The number of amides is 1. The van der Waals surface area contributed by atoms with Crippen LogP contribution in [0, 0.1) is 11.3 Å². The molecule has 3 rings (SSSR count). The highest BCUT2D eigenvalue weighted by atomic mass is 35.5. The number of nitriles is 1. The molecule has 0 spiro atoms. The van der Waals surface area contributed by atoms with Crippen LogP contribution in [0.3, 0.4) is 0 Å². The lowest BCUT2D eigenvalue weighted by atomic mass is 10.2. The van der Waals surface area contributed by atoms with E-state index < -0.39 is 10.0 Å². The van der Waals surface area contributed by atoms with Crippen molar-refractivity contribution in [3.8, 4) is 6.07 Å². The van der Waals surface area contributed by atoms with Gasteiger partial charge in [0.25, 0.3) is 15.9 Å². The molecule has 0 aromatic heterocycles. The first-order valence-corrected chi connectivity index (χ1v) is 9.38. The van der Waals surface area contributed by atoms with Crippen LogP contribution in [0.1, 0.15) is 28.8 Å². The highest BCUT2D eigenvalue weighted by Crippen LogP contribution is 2.23. The minimum absolute atomic E-state index is 0.0490. The summed E-state index contributed by atoms with van der Waals surface area (Å²) in [5.74, 6) is -0.171. The summed E-state index contributed by atoms with van der Waals surface area (Å²) in [7, 11) is -3.85. The van der Waals surface area contributed by atoms with Gasteiger partial charge in [0, 0.05) is 17.3 Å². The zero-order chi connectivity index (χ0) is 18.0. The van der Waals surface area contributed by atoms with Crippen LogP contribution >= 0.6 is 11.6 Å². The molecule has 0 saturated heterocycles. The van der Waals surface area contributed by atoms with Crippen LogP contribution in [-0.4, -0.2) is 20.4 Å². The Morgan fingerprint density at radius 1 is 1.16 bits per heavy atom. The van der Waals surface area contributed by atoms with E-state index in [-0.39, 0.29) is 27.4 Å². The summed E-state index contributed by atoms with van der Waals surface area (Å²) >= 11 is 5.88. The maximum atomic E-state index is 12.4. The van der Waals surface area contributed by atoms with Crippen LogP contribution in [-0.2, 0) is 10.0 Å². The number of nitrogens with zero attached hydrogens (tertiary/aromatic N) is 1. The molecule has 0 aliphatic heterocycles. The van der Waals surface area contributed by atoms with Gasteiger partial charge in [-0.2, -0.15) is 5.26 Å². The number of nitrogens with one attached hydrogen (secondary N) is 2. The van der Waals surface area contributed by atoms with Gasteiger partial charge in [0.15, 0.2) is 0 Å². The number of benzene rings is 2. The second kappa shape index (κ2) is 6.75. The molecule has 1 aliphatic rings. The minimum atomic E-state index is -3.85. The first-order valence-electron chi connectivity index (χ1n) is 7.52. The zero-order valence-corrected chi connectivity index (χ0v) is 14.6. The SMILES string of the molecule is N#Cc1ccc(S(=O)(=O)Nc2ccc(C(=O)NC3CC3)cc2)cc1Cl. The normalized spacial score (nSPS) is 13.8. The molecule has 128 valence electrons. The maximum absolute atomic E-state index is 12.4. The molecule has 1 aliphatic carbocycles. The largest absolute Gasteiger partial charge is 0.349 e. The first-order chi connectivity index (χ1) is 11.9. The number of sulfonamides is 1. The summed E-state index contributed by atoms with van der Waals surface area (Å²) in [6, 6.07) is 12.2. The van der Waals surface area contributed by atoms with Crippen molar-refractivity contribution in [2.24, 2.45) is 0 Å². The van der Waals surface area contributed by atoms with Gasteiger partial charge in [0.2, 0.25) is 0 Å². The van der Waals surface area contributed by atoms with Gasteiger partial charge in [-0.15, -0.1) is 0 Å². The van der Waals surface area contributed by atoms with Crippen molar-refractivity contribution in [2.75, 3.05) is 4.72 Å². The first kappa shape index (κ1) is 17.3. The third-order valence-corrected chi connectivity index (χ3v) is 5.37. The van der Waals surface area contributed by atoms with E-state index in [4.69, 9.17) is 16.9 Å². The molecule has 2 aromatic carbocycles. The highest BCUT2D eigenvalue weighted by Gasteiger charge is 2.23. The van der Waals surface area contributed by atoms with E-state index in [1.165, 1.54) is 30.3 Å². The van der Waals surface area contributed by atoms with Gasteiger partial charge >= 0.3 is 0 Å². The van der Waals surface area contributed by atoms with Crippen molar-refractivity contribution >= 4 is 33.2 Å². The van der Waals surface area contributed by atoms with E-state index >= 15 is 0 Å². The minimum Gasteiger partial charge on any atom is -0.349 e. The fourth-order valence-corrected chi connectivity index (χ4v) is 3.53. The Bertz CT molecular complexity index is 962. The van der Waals surface area contributed by atoms with Gasteiger partial charge in [-0.1, -0.05) is 11.6 Å². The molecule has 1 amide bonds. The molecule has 0 atom stereocenters. The summed E-state index contributed by atoms with van der Waals surface area (Å²) in [6.07, 6.45) is 1.99. The quantitative estimate of drug-likeness (QED) is 0.839. The van der Waals surface area contributed by atoms with E-state index in [1.54, 1.807) is 12.1 Å². The molecule has 6 nitrogen and oxygen atoms in total. The van der Waals surface area contributed by atoms with Crippen LogP contribution in [0.4, 0.5) is 5.69 Å². The van der Waals surface area contributed by atoms with Gasteiger partial charge in [0.1, 0.15) is 6.07 Å². The van der Waals surface area contributed by atoms with E-state index in [1.807, 2.05) is 6.07 Å². The monoisotopic (exact) mass is 375 g/mol. The predicted molar refractivity (Wildman–Crippen MR) is 93.9 cm³/mol. The lowest BCUT2D eigenvalue weighted by Gasteiger charge is -2.10. The Hall–Kier alpha value is -2.56. The van der Waals surface area contributed by atoms with Gasteiger partial charge in [0.05, 0.1) is 15.5 Å². The van der Waals surface area contributed by atoms with E-state index in [0.717, 1.165) is 12.8 Å². The molecule has 1 fully saturated rings. The lowest BCUT2D eigenvalue weighted by molar-refractivity contribution is 0.0951. The number of rotatable bonds is 5. The highest BCUT2D eigenvalue weighted by molar-refractivity contribution is 7.92. The summed E-state index contributed by atoms with van der Waals surface area (Å²) in [4.78, 5) is 11.9. The van der Waals surface area contributed by atoms with Crippen LogP contribution in [0.25, 0.3) is 0 Å². The lowest BCUT2D eigenvalue weighted by Crippen LogP contribution is -2.25. The average molecular weight is 376 g/mol. The second-order valence-electron chi connectivity index (χ2n) is 5.68. The van der Waals surface area contributed by atoms with Crippen molar-refractivity contribution in [3.63, 3.8) is 0 Å². The summed E-state index contributed by atoms with van der Waals surface area (Å²) in [5.41, 5.74) is 0.992. The molecule has 25 heavy (non-hydrogen) atoms. The molecule has 0 unspecified atom stereocenters. The predicted octanol–water partition coefficient (Wildman–Crippen LogP) is 2.90. The molecule has 0 heterocycles. The Kier molecular flexibility index (Phi) is 4.66. The molecular formula is C17H14ClN3O3S. The second-order valence-corrected chi connectivity index (χ2v) is 7.77. The van der Waals surface area contributed by atoms with E-state index in [9.17, 15) is 13.2 Å². The number of anilines is 1. The zero-order valence-electron chi connectivity index (χ0n) is 13.0. The third kappa shape index (κ3) is 4.10. The van der Waals surface area contributed by atoms with Crippen LogP contribution in [0.15, 0.2) is 47.4 Å².